The highest BCUT2D eigenvalue weighted by Crippen LogP contribution is 2.32. The number of ether oxygens (including phenoxy) is 3. The minimum Gasteiger partial charge on any atom is -0.484 e. The van der Waals surface area contributed by atoms with E-state index in [-0.39, 0.29) is 48.6 Å². The fraction of sp³-hybridized carbons (Fsp3) is 0.450. The molecule has 1 aromatic heterocycles. The van der Waals surface area contributed by atoms with Crippen LogP contribution in [0.3, 0.4) is 0 Å². The third-order valence-corrected chi connectivity index (χ3v) is 4.83. The van der Waals surface area contributed by atoms with Crippen LogP contribution in [0.25, 0.3) is 0 Å². The van der Waals surface area contributed by atoms with Gasteiger partial charge in [0.25, 0.3) is 5.89 Å². The Morgan fingerprint density at radius 2 is 1.97 bits per heavy atom. The molecule has 0 unspecified atom stereocenters. The molecule has 13 heteroatoms. The number of carbonyl (C=O) groups is 1. The first-order valence-electron chi connectivity index (χ1n) is 9.80. The number of hydrogen-bond donors (Lipinski definition) is 1. The van der Waals surface area contributed by atoms with E-state index in [4.69, 9.17) is 25.5 Å². The van der Waals surface area contributed by atoms with Crippen molar-refractivity contribution in [2.24, 2.45) is 0 Å². The van der Waals surface area contributed by atoms with Gasteiger partial charge in [0.1, 0.15) is 18.2 Å². The third-order valence-electron chi connectivity index (χ3n) is 4.52. The van der Waals surface area contributed by atoms with Gasteiger partial charge in [-0.3, -0.25) is 9.53 Å². The van der Waals surface area contributed by atoms with Gasteiger partial charge >= 0.3 is 6.36 Å². The average Bonchev–Trinajstić information content (AvgIpc) is 3.16. The van der Waals surface area contributed by atoms with E-state index >= 15 is 0 Å². The summed E-state index contributed by atoms with van der Waals surface area (Å²) in [5.41, 5.74) is 0.378. The Morgan fingerprint density at radius 3 is 2.67 bits per heavy atom. The largest absolute Gasteiger partial charge is 0.522 e. The molecule has 8 nitrogen and oxygen atoms in total. The maximum absolute atomic E-state index is 13.4. The molecule has 1 heterocycles. The topological polar surface area (TPSA) is 95.7 Å². The highest BCUT2D eigenvalue weighted by Gasteiger charge is 2.40. The highest BCUT2D eigenvalue weighted by atomic mass is 35.5. The van der Waals surface area contributed by atoms with E-state index in [9.17, 15) is 22.4 Å². The third kappa shape index (κ3) is 8.30. The number of nitrogens with zero attached hydrogens (tertiary/aromatic N) is 2. The average molecular weight is 494 g/mol. The zero-order valence-corrected chi connectivity index (χ0v) is 17.9. The molecule has 0 radical (unpaired) electrons. The molecule has 0 spiro atoms. The summed E-state index contributed by atoms with van der Waals surface area (Å²) in [6.07, 6.45) is -5.32. The van der Waals surface area contributed by atoms with E-state index in [0.717, 1.165) is 6.07 Å². The Kier molecular flexibility index (Phi) is 8.27. The van der Waals surface area contributed by atoms with Crippen LogP contribution in [-0.2, 0) is 27.3 Å². The molecule has 33 heavy (non-hydrogen) atoms. The Balaban J connectivity index is 1.30. The number of nitrogens with one attached hydrogen (secondary N) is 1. The molecular weight excluding hydrogens is 474 g/mol. The predicted molar refractivity (Wildman–Crippen MR) is 106 cm³/mol. The first-order valence-corrected chi connectivity index (χ1v) is 10.2. The van der Waals surface area contributed by atoms with Crippen molar-refractivity contribution in [1.29, 1.82) is 0 Å². The quantitative estimate of drug-likeness (QED) is 0.471. The lowest BCUT2D eigenvalue weighted by Crippen LogP contribution is -2.42. The van der Waals surface area contributed by atoms with Crippen molar-refractivity contribution in [2.75, 3.05) is 6.61 Å². The molecule has 180 valence electrons. The maximum atomic E-state index is 13.4. The fourth-order valence-corrected chi connectivity index (χ4v) is 2.96. The first-order chi connectivity index (χ1) is 15.6. The van der Waals surface area contributed by atoms with Gasteiger partial charge in [-0.05, 0) is 18.6 Å². The van der Waals surface area contributed by atoms with Gasteiger partial charge in [0.2, 0.25) is 11.8 Å². The summed E-state index contributed by atoms with van der Waals surface area (Å²) in [5, 5.41) is 10.2. The summed E-state index contributed by atoms with van der Waals surface area (Å²) < 4.78 is 69.5. The van der Waals surface area contributed by atoms with E-state index < -0.39 is 30.3 Å². The van der Waals surface area contributed by atoms with Crippen LogP contribution in [-0.4, -0.2) is 41.3 Å². The number of allylic oxidation sites excluding steroid dienone is 1. The molecule has 1 amide bonds. The Morgan fingerprint density at radius 1 is 1.24 bits per heavy atom. The molecule has 1 aliphatic carbocycles. The van der Waals surface area contributed by atoms with Gasteiger partial charge in [-0.2, -0.15) is 0 Å². The van der Waals surface area contributed by atoms with E-state index in [1.165, 1.54) is 12.1 Å². The number of hydrogen-bond acceptors (Lipinski definition) is 7. The lowest BCUT2D eigenvalue weighted by Gasteiger charge is -2.34. The summed E-state index contributed by atoms with van der Waals surface area (Å²) >= 11 is 5.61. The molecular formula is C20H20ClF4N3O5. The zero-order chi connectivity index (χ0) is 24.0. The maximum Gasteiger partial charge on any atom is 0.522 e. The van der Waals surface area contributed by atoms with E-state index in [1.54, 1.807) is 0 Å². The molecule has 0 atom stereocenters. The second kappa shape index (κ2) is 10.9. The van der Waals surface area contributed by atoms with Crippen LogP contribution in [0.5, 0.6) is 5.75 Å². The number of halogens is 5. The van der Waals surface area contributed by atoms with Crippen molar-refractivity contribution in [2.45, 2.75) is 50.9 Å². The Hall–Kier alpha value is -2.70. The van der Waals surface area contributed by atoms with Crippen LogP contribution in [0.15, 0.2) is 34.9 Å². The standard InChI is InChI=1S/C20H20ClF4N3O5/c1-11(26-17(29)9-30-13-6-14(7-13)33-20(23,24)25)2-5-18-27-28-19(32-18)10-31-12-3-4-15(21)16(22)8-12/h3-4,8,13-14H,1-2,5-7,9-10H2,(H,26,29). The summed E-state index contributed by atoms with van der Waals surface area (Å²) in [5.74, 6) is -0.376. The Labute approximate surface area is 190 Å². The molecule has 2 aromatic rings. The van der Waals surface area contributed by atoms with Gasteiger partial charge in [0.05, 0.1) is 17.2 Å². The number of alkyl halides is 3. The van der Waals surface area contributed by atoms with Gasteiger partial charge in [0.15, 0.2) is 6.61 Å². The molecule has 0 bridgehead atoms. The lowest BCUT2D eigenvalue weighted by molar-refractivity contribution is -0.357. The molecule has 1 saturated carbocycles. The minimum atomic E-state index is -4.67. The monoisotopic (exact) mass is 493 g/mol. The Bertz CT molecular complexity index is 979. The number of amides is 1. The van der Waals surface area contributed by atoms with Crippen LogP contribution in [0.4, 0.5) is 17.6 Å². The van der Waals surface area contributed by atoms with Gasteiger partial charge in [-0.1, -0.05) is 18.2 Å². The second-order valence-corrected chi connectivity index (χ2v) is 7.60. The van der Waals surface area contributed by atoms with Gasteiger partial charge < -0.3 is 19.2 Å². The van der Waals surface area contributed by atoms with Crippen LogP contribution < -0.4 is 10.1 Å². The van der Waals surface area contributed by atoms with E-state index in [1.807, 2.05) is 0 Å². The van der Waals surface area contributed by atoms with Crippen LogP contribution >= 0.6 is 11.6 Å². The lowest BCUT2D eigenvalue weighted by atomic mass is 9.92. The summed E-state index contributed by atoms with van der Waals surface area (Å²) in [6, 6.07) is 4.00. The number of aryl methyl sites for hydroxylation is 1. The van der Waals surface area contributed by atoms with E-state index in [2.05, 4.69) is 26.8 Å². The minimum absolute atomic E-state index is 0.0199. The number of benzene rings is 1. The molecule has 1 aliphatic rings. The first kappa shape index (κ1) is 24.9. The second-order valence-electron chi connectivity index (χ2n) is 7.20. The zero-order valence-electron chi connectivity index (χ0n) is 17.2. The van der Waals surface area contributed by atoms with Crippen LogP contribution in [0.1, 0.15) is 31.0 Å². The number of rotatable bonds is 11. The van der Waals surface area contributed by atoms with Crippen LogP contribution in [0, 0.1) is 5.82 Å². The molecule has 1 aromatic carbocycles. The van der Waals surface area contributed by atoms with Crippen molar-refractivity contribution in [3.05, 3.63) is 53.1 Å². The summed E-state index contributed by atoms with van der Waals surface area (Å²) in [6.45, 7) is 3.35. The molecule has 0 saturated heterocycles. The normalized spacial score (nSPS) is 18.0. The molecule has 1 fully saturated rings. The summed E-state index contributed by atoms with van der Waals surface area (Å²) in [7, 11) is 0. The smallest absolute Gasteiger partial charge is 0.484 e. The molecule has 0 aliphatic heterocycles. The molecule has 1 N–H and O–H groups in total. The fourth-order valence-electron chi connectivity index (χ4n) is 2.85. The summed E-state index contributed by atoms with van der Waals surface area (Å²) in [4.78, 5) is 11.9. The highest BCUT2D eigenvalue weighted by molar-refractivity contribution is 6.30. The van der Waals surface area contributed by atoms with Crippen molar-refractivity contribution in [3.8, 4) is 5.75 Å². The van der Waals surface area contributed by atoms with Crippen molar-refractivity contribution in [3.63, 3.8) is 0 Å². The van der Waals surface area contributed by atoms with Crippen molar-refractivity contribution in [1.82, 2.24) is 15.5 Å². The van der Waals surface area contributed by atoms with Gasteiger partial charge in [0, 0.05) is 31.0 Å². The molecule has 3 rings (SSSR count). The van der Waals surface area contributed by atoms with Gasteiger partial charge in [-0.25, -0.2) is 4.39 Å². The number of aromatic nitrogens is 2. The van der Waals surface area contributed by atoms with Crippen molar-refractivity contribution < 1.29 is 41.0 Å². The predicted octanol–water partition coefficient (Wildman–Crippen LogP) is 4.09. The van der Waals surface area contributed by atoms with E-state index in [0.29, 0.717) is 18.5 Å². The van der Waals surface area contributed by atoms with Crippen molar-refractivity contribution >= 4 is 17.5 Å². The number of carbonyl (C=O) groups excluding carboxylic acids is 1. The van der Waals surface area contributed by atoms with Gasteiger partial charge in [-0.15, -0.1) is 23.4 Å². The van der Waals surface area contributed by atoms with Crippen LogP contribution in [0.2, 0.25) is 5.02 Å². The SMILES string of the molecule is C=C(CCc1nnc(COc2ccc(Cl)c(F)c2)o1)NC(=O)COC1CC(OC(F)(F)F)C1.